The van der Waals surface area contributed by atoms with E-state index < -0.39 is 0 Å². The molecule has 15 heavy (non-hydrogen) atoms. The van der Waals surface area contributed by atoms with Crippen LogP contribution in [-0.2, 0) is 9.59 Å². The highest BCUT2D eigenvalue weighted by Crippen LogP contribution is 2.20. The lowest BCUT2D eigenvalue weighted by molar-refractivity contribution is -0.121. The van der Waals surface area contributed by atoms with Crippen LogP contribution in [0.2, 0.25) is 0 Å². The van der Waals surface area contributed by atoms with E-state index in [1.165, 1.54) is 6.42 Å². The summed E-state index contributed by atoms with van der Waals surface area (Å²) in [4.78, 5) is 21.1. The van der Waals surface area contributed by atoms with Crippen molar-refractivity contribution in [2.24, 2.45) is 11.8 Å². The molecule has 2 atom stereocenters. The van der Waals surface area contributed by atoms with Gasteiger partial charge in [0.1, 0.15) is 11.6 Å². The van der Waals surface area contributed by atoms with E-state index in [1.54, 1.807) is 0 Å². The average Bonchev–Trinajstić information content (AvgIpc) is 2.50. The molecule has 2 heteroatoms. The molecule has 0 aromatic carbocycles. The molecule has 0 saturated heterocycles. The summed E-state index contributed by atoms with van der Waals surface area (Å²) in [5.74, 6) is 2.25. The van der Waals surface area contributed by atoms with Crippen molar-refractivity contribution in [2.45, 2.75) is 58.8 Å². The maximum atomic E-state index is 10.7. The lowest BCUT2D eigenvalue weighted by Gasteiger charge is -2.14. The topological polar surface area (TPSA) is 34.1 Å². The molecule has 2 rings (SSSR count). The first kappa shape index (κ1) is 12.4. The number of carbonyl (C=O) groups is 2. The minimum atomic E-state index is 0.451. The normalized spacial score (nSPS) is 31.1. The van der Waals surface area contributed by atoms with Crippen molar-refractivity contribution in [3.05, 3.63) is 0 Å². The molecular weight excluding hydrogens is 188 g/mol. The second kappa shape index (κ2) is 6.04. The number of ketones is 2. The van der Waals surface area contributed by atoms with Crippen LogP contribution in [0.1, 0.15) is 58.8 Å². The zero-order chi connectivity index (χ0) is 11.3. The van der Waals surface area contributed by atoms with Crippen LogP contribution in [0.25, 0.3) is 0 Å². The summed E-state index contributed by atoms with van der Waals surface area (Å²) >= 11 is 0. The summed E-state index contributed by atoms with van der Waals surface area (Å²) in [5, 5.41) is 0. The van der Waals surface area contributed by atoms with E-state index in [0.717, 1.165) is 38.5 Å². The maximum Gasteiger partial charge on any atom is 0.133 e. The molecule has 2 aliphatic carbocycles. The van der Waals surface area contributed by atoms with Gasteiger partial charge in [-0.25, -0.2) is 0 Å². The molecule has 2 saturated carbocycles. The fraction of sp³-hybridized carbons (Fsp3) is 0.846. The zero-order valence-electron chi connectivity index (χ0n) is 9.92. The second-order valence-electron chi connectivity index (χ2n) is 5.13. The Morgan fingerprint density at radius 1 is 0.867 bits per heavy atom. The van der Waals surface area contributed by atoms with Crippen LogP contribution in [-0.4, -0.2) is 11.6 Å². The van der Waals surface area contributed by atoms with Crippen molar-refractivity contribution >= 4 is 11.6 Å². The standard InChI is InChI=1S/C7H12O.C6H10O/c1-6-3-2-4-7(8)5-6;1-5-2-3-6(7)4-5/h6H,2-5H2,1H3;5H,2-4H2,1H3/t6-;5-/m11/s1. The van der Waals surface area contributed by atoms with E-state index in [2.05, 4.69) is 13.8 Å². The summed E-state index contributed by atoms with van der Waals surface area (Å²) in [6.45, 7) is 4.28. The first-order chi connectivity index (χ1) is 7.08. The van der Waals surface area contributed by atoms with E-state index in [1.807, 2.05) is 0 Å². The van der Waals surface area contributed by atoms with Crippen LogP contribution in [0.5, 0.6) is 0 Å². The molecule has 0 amide bonds. The smallest absolute Gasteiger partial charge is 0.133 e. The van der Waals surface area contributed by atoms with Gasteiger partial charge in [-0.15, -0.1) is 0 Å². The Bertz CT molecular complexity index is 233. The quantitative estimate of drug-likeness (QED) is 0.615. The molecule has 0 radical (unpaired) electrons. The van der Waals surface area contributed by atoms with Gasteiger partial charge in [0.15, 0.2) is 0 Å². The van der Waals surface area contributed by atoms with Crippen molar-refractivity contribution in [1.82, 2.24) is 0 Å². The van der Waals surface area contributed by atoms with Crippen LogP contribution in [0, 0.1) is 11.8 Å². The van der Waals surface area contributed by atoms with E-state index in [0.29, 0.717) is 23.4 Å². The van der Waals surface area contributed by atoms with E-state index in [-0.39, 0.29) is 0 Å². The van der Waals surface area contributed by atoms with Crippen molar-refractivity contribution in [1.29, 1.82) is 0 Å². The lowest BCUT2D eigenvalue weighted by Crippen LogP contribution is -2.11. The Morgan fingerprint density at radius 2 is 1.40 bits per heavy atom. The molecule has 2 aliphatic rings. The Hall–Kier alpha value is -0.660. The molecule has 0 N–H and O–H groups in total. The Kier molecular flexibility index (Phi) is 5.00. The number of hydrogen-bond donors (Lipinski definition) is 0. The van der Waals surface area contributed by atoms with E-state index in [9.17, 15) is 9.59 Å². The first-order valence-corrected chi connectivity index (χ1v) is 6.11. The number of carbonyl (C=O) groups excluding carboxylic acids is 2. The van der Waals surface area contributed by atoms with Gasteiger partial charge in [-0.2, -0.15) is 0 Å². The van der Waals surface area contributed by atoms with Crippen molar-refractivity contribution in [3.8, 4) is 0 Å². The Labute approximate surface area is 92.4 Å². The lowest BCUT2D eigenvalue weighted by atomic mass is 9.90. The van der Waals surface area contributed by atoms with Gasteiger partial charge in [0.05, 0.1) is 0 Å². The Morgan fingerprint density at radius 3 is 1.67 bits per heavy atom. The highest BCUT2D eigenvalue weighted by molar-refractivity contribution is 5.80. The summed E-state index contributed by atoms with van der Waals surface area (Å²) in [7, 11) is 0. The minimum Gasteiger partial charge on any atom is -0.300 e. The summed E-state index contributed by atoms with van der Waals surface area (Å²) in [6, 6.07) is 0. The van der Waals surface area contributed by atoms with E-state index >= 15 is 0 Å². The molecule has 86 valence electrons. The predicted molar refractivity (Wildman–Crippen MR) is 60.7 cm³/mol. The van der Waals surface area contributed by atoms with Gasteiger partial charge in [0, 0.05) is 25.7 Å². The van der Waals surface area contributed by atoms with Crippen molar-refractivity contribution < 1.29 is 9.59 Å². The molecule has 0 spiro atoms. The maximum absolute atomic E-state index is 10.7. The molecule has 0 aromatic heterocycles. The second-order valence-corrected chi connectivity index (χ2v) is 5.13. The molecule has 2 fully saturated rings. The molecule has 0 unspecified atom stereocenters. The van der Waals surface area contributed by atoms with Gasteiger partial charge in [-0.3, -0.25) is 9.59 Å². The zero-order valence-corrected chi connectivity index (χ0v) is 9.92. The fourth-order valence-electron chi connectivity index (χ4n) is 2.24. The van der Waals surface area contributed by atoms with Crippen LogP contribution < -0.4 is 0 Å². The van der Waals surface area contributed by atoms with E-state index in [4.69, 9.17) is 0 Å². The number of hydrogen-bond acceptors (Lipinski definition) is 2. The van der Waals surface area contributed by atoms with Crippen molar-refractivity contribution in [2.75, 3.05) is 0 Å². The van der Waals surface area contributed by atoms with Crippen LogP contribution >= 0.6 is 0 Å². The molecule has 0 aromatic rings. The third-order valence-corrected chi connectivity index (χ3v) is 3.22. The highest BCUT2D eigenvalue weighted by Gasteiger charge is 2.16. The first-order valence-electron chi connectivity index (χ1n) is 6.11. The van der Waals surface area contributed by atoms with Gasteiger partial charge in [0.25, 0.3) is 0 Å². The van der Waals surface area contributed by atoms with Crippen LogP contribution in [0.15, 0.2) is 0 Å². The SMILES string of the molecule is C[C@@H]1CCC(=O)C1.C[C@@H]1CCCC(=O)C1. The van der Waals surface area contributed by atoms with Gasteiger partial charge >= 0.3 is 0 Å². The van der Waals surface area contributed by atoms with Crippen molar-refractivity contribution in [3.63, 3.8) is 0 Å². The summed E-state index contributed by atoms with van der Waals surface area (Å²) in [5.41, 5.74) is 0. The number of rotatable bonds is 0. The predicted octanol–water partition coefficient (Wildman–Crippen LogP) is 3.14. The molecule has 2 nitrogen and oxygen atoms in total. The molecular formula is C13H22O2. The summed E-state index contributed by atoms with van der Waals surface area (Å²) in [6.07, 6.45) is 6.84. The summed E-state index contributed by atoms with van der Waals surface area (Å²) < 4.78 is 0. The van der Waals surface area contributed by atoms with Gasteiger partial charge in [0.2, 0.25) is 0 Å². The third-order valence-electron chi connectivity index (χ3n) is 3.22. The van der Waals surface area contributed by atoms with Gasteiger partial charge in [-0.1, -0.05) is 13.8 Å². The average molecular weight is 210 g/mol. The van der Waals surface area contributed by atoms with Crippen LogP contribution in [0.3, 0.4) is 0 Å². The minimum absolute atomic E-state index is 0.451. The molecule has 0 aliphatic heterocycles. The largest absolute Gasteiger partial charge is 0.300 e. The molecule has 0 bridgehead atoms. The van der Waals surface area contributed by atoms with Gasteiger partial charge < -0.3 is 0 Å². The van der Waals surface area contributed by atoms with Crippen LogP contribution in [0.4, 0.5) is 0 Å². The molecule has 0 heterocycles. The third kappa shape index (κ3) is 5.10. The fourth-order valence-corrected chi connectivity index (χ4v) is 2.24. The Balaban J connectivity index is 0.000000151. The highest BCUT2D eigenvalue weighted by atomic mass is 16.1. The number of Topliss-reactive ketones (excluding diaryl/α,β-unsaturated/α-hetero) is 2. The monoisotopic (exact) mass is 210 g/mol. The van der Waals surface area contributed by atoms with Gasteiger partial charge in [-0.05, 0) is 31.1 Å².